The van der Waals surface area contributed by atoms with E-state index in [4.69, 9.17) is 14.5 Å². The fourth-order valence-corrected chi connectivity index (χ4v) is 5.27. The zero-order valence-corrected chi connectivity index (χ0v) is 21.8. The van der Waals surface area contributed by atoms with Gasteiger partial charge in [-0.1, -0.05) is 43.9 Å². The summed E-state index contributed by atoms with van der Waals surface area (Å²) < 4.78 is 12.6. The molecule has 2 aromatic carbocycles. The van der Waals surface area contributed by atoms with Crippen molar-refractivity contribution >= 4 is 16.8 Å². The lowest BCUT2D eigenvalue weighted by Crippen LogP contribution is -2.39. The van der Waals surface area contributed by atoms with Crippen LogP contribution in [0.1, 0.15) is 62.9 Å². The van der Waals surface area contributed by atoms with Gasteiger partial charge in [0.05, 0.1) is 36.3 Å². The number of para-hydroxylation sites is 1. The SMILES string of the molecule is COCCN(C(=O)CCC1CCCC1)C(C)c1nc2ccccc2c(=O)n1-c1cc(C)ccc1OC. The number of aryl methyl sites for hydroxylation is 1. The molecule has 4 rings (SSSR count). The number of carbonyl (C=O) groups is 1. The summed E-state index contributed by atoms with van der Waals surface area (Å²) in [4.78, 5) is 34.2. The average molecular weight is 492 g/mol. The Hall–Kier alpha value is -3.19. The lowest BCUT2D eigenvalue weighted by molar-refractivity contribution is -0.134. The second-order valence-corrected chi connectivity index (χ2v) is 9.75. The first-order chi connectivity index (χ1) is 17.4. The van der Waals surface area contributed by atoms with Crippen LogP contribution < -0.4 is 10.3 Å². The van der Waals surface area contributed by atoms with Crippen LogP contribution in [0.25, 0.3) is 16.6 Å². The molecule has 1 heterocycles. The quantitative estimate of drug-likeness (QED) is 0.389. The van der Waals surface area contributed by atoms with Crippen molar-refractivity contribution in [3.8, 4) is 11.4 Å². The number of ether oxygens (including phenoxy) is 2. The number of benzene rings is 2. The molecule has 3 aromatic rings. The molecular weight excluding hydrogens is 454 g/mol. The molecule has 1 aromatic heterocycles. The number of fused-ring (bicyclic) bond motifs is 1. The minimum absolute atomic E-state index is 0.0663. The Bertz CT molecular complexity index is 1260. The van der Waals surface area contributed by atoms with Gasteiger partial charge in [0, 0.05) is 20.1 Å². The molecule has 0 saturated heterocycles. The molecule has 7 nitrogen and oxygen atoms in total. The zero-order chi connectivity index (χ0) is 25.7. The Kier molecular flexibility index (Phi) is 8.41. The molecule has 1 aliphatic rings. The Morgan fingerprint density at radius 1 is 1.17 bits per heavy atom. The number of hydrogen-bond acceptors (Lipinski definition) is 5. The highest BCUT2D eigenvalue weighted by atomic mass is 16.5. The lowest BCUT2D eigenvalue weighted by Gasteiger charge is -2.31. The van der Waals surface area contributed by atoms with Crippen molar-refractivity contribution in [3.63, 3.8) is 0 Å². The summed E-state index contributed by atoms with van der Waals surface area (Å²) in [5, 5.41) is 0.521. The standard InChI is InChI=1S/C29H37N3O4/c1-20-13-15-26(36-4)25(19-20)32-28(30-24-12-8-7-11-23(24)29(32)34)21(2)31(17-18-35-3)27(33)16-14-22-9-5-6-10-22/h7-8,11-13,15,19,21-22H,5-6,9-10,14,16-18H2,1-4H3. The Balaban J connectivity index is 1.81. The topological polar surface area (TPSA) is 73.7 Å². The van der Waals surface area contributed by atoms with Gasteiger partial charge in [0.2, 0.25) is 5.91 Å². The van der Waals surface area contributed by atoms with Crippen LogP contribution in [0.3, 0.4) is 0 Å². The van der Waals surface area contributed by atoms with Crippen molar-refractivity contribution in [3.05, 3.63) is 64.2 Å². The lowest BCUT2D eigenvalue weighted by atomic mass is 10.0. The van der Waals surface area contributed by atoms with E-state index < -0.39 is 6.04 Å². The van der Waals surface area contributed by atoms with Gasteiger partial charge in [0.15, 0.2) is 0 Å². The Labute approximate surface area is 213 Å². The maximum atomic E-state index is 13.9. The third-order valence-electron chi connectivity index (χ3n) is 7.32. The van der Waals surface area contributed by atoms with Gasteiger partial charge in [-0.05, 0) is 56.0 Å². The maximum Gasteiger partial charge on any atom is 0.266 e. The van der Waals surface area contributed by atoms with Crippen molar-refractivity contribution < 1.29 is 14.3 Å². The zero-order valence-electron chi connectivity index (χ0n) is 21.8. The Morgan fingerprint density at radius 3 is 2.64 bits per heavy atom. The number of hydrogen-bond donors (Lipinski definition) is 0. The second kappa shape index (κ2) is 11.7. The fourth-order valence-electron chi connectivity index (χ4n) is 5.27. The largest absolute Gasteiger partial charge is 0.495 e. The third-order valence-corrected chi connectivity index (χ3v) is 7.32. The number of carbonyl (C=O) groups excluding carboxylic acids is 1. The molecule has 1 amide bonds. The van der Waals surface area contributed by atoms with Gasteiger partial charge in [-0.2, -0.15) is 0 Å². The van der Waals surface area contributed by atoms with E-state index >= 15 is 0 Å². The molecule has 0 aliphatic heterocycles. The minimum atomic E-state index is -0.446. The maximum absolute atomic E-state index is 13.9. The number of amides is 1. The molecular formula is C29H37N3O4. The Morgan fingerprint density at radius 2 is 1.92 bits per heavy atom. The molecule has 1 unspecified atom stereocenters. The summed E-state index contributed by atoms with van der Waals surface area (Å²) in [5.74, 6) is 1.77. The van der Waals surface area contributed by atoms with E-state index in [1.807, 2.05) is 55.1 Å². The highest BCUT2D eigenvalue weighted by molar-refractivity contribution is 5.79. The van der Waals surface area contributed by atoms with Gasteiger partial charge in [0.25, 0.3) is 5.56 Å². The molecule has 0 radical (unpaired) electrons. The van der Waals surface area contributed by atoms with Crippen molar-refractivity contribution in [1.29, 1.82) is 0 Å². The van der Waals surface area contributed by atoms with Crippen LogP contribution in [-0.4, -0.2) is 47.7 Å². The predicted molar refractivity (Wildman–Crippen MR) is 142 cm³/mol. The molecule has 1 aliphatic carbocycles. The van der Waals surface area contributed by atoms with Crippen LogP contribution in [0.4, 0.5) is 0 Å². The molecule has 192 valence electrons. The number of methoxy groups -OCH3 is 2. The molecule has 1 fully saturated rings. The highest BCUT2D eigenvalue weighted by Crippen LogP contribution is 2.31. The second-order valence-electron chi connectivity index (χ2n) is 9.75. The van der Waals surface area contributed by atoms with E-state index in [0.717, 1.165) is 12.0 Å². The summed E-state index contributed by atoms with van der Waals surface area (Å²) in [5.41, 5.74) is 2.04. The first-order valence-corrected chi connectivity index (χ1v) is 12.9. The van der Waals surface area contributed by atoms with E-state index in [1.165, 1.54) is 25.7 Å². The van der Waals surface area contributed by atoms with E-state index in [1.54, 1.807) is 24.9 Å². The summed E-state index contributed by atoms with van der Waals surface area (Å²) in [6.45, 7) is 4.75. The molecule has 1 saturated carbocycles. The van der Waals surface area contributed by atoms with Gasteiger partial charge < -0.3 is 14.4 Å². The predicted octanol–water partition coefficient (Wildman–Crippen LogP) is 5.21. The fraction of sp³-hybridized carbons (Fsp3) is 0.483. The van der Waals surface area contributed by atoms with Crippen molar-refractivity contribution in [2.24, 2.45) is 5.92 Å². The van der Waals surface area contributed by atoms with Gasteiger partial charge in [-0.3, -0.25) is 14.2 Å². The summed E-state index contributed by atoms with van der Waals surface area (Å²) >= 11 is 0. The summed E-state index contributed by atoms with van der Waals surface area (Å²) in [7, 11) is 3.22. The number of nitrogens with zero attached hydrogens (tertiary/aromatic N) is 3. The van der Waals surface area contributed by atoms with Crippen molar-refractivity contribution in [2.75, 3.05) is 27.4 Å². The highest BCUT2D eigenvalue weighted by Gasteiger charge is 2.28. The van der Waals surface area contributed by atoms with Crippen LogP contribution in [0, 0.1) is 12.8 Å². The van der Waals surface area contributed by atoms with Crippen LogP contribution in [0.5, 0.6) is 5.75 Å². The van der Waals surface area contributed by atoms with E-state index in [0.29, 0.717) is 53.7 Å². The van der Waals surface area contributed by atoms with Crippen LogP contribution in [0.2, 0.25) is 0 Å². The molecule has 1 atom stereocenters. The summed E-state index contributed by atoms with van der Waals surface area (Å²) in [6.07, 6.45) is 6.32. The first kappa shape index (κ1) is 25.9. The van der Waals surface area contributed by atoms with E-state index in [9.17, 15) is 9.59 Å². The minimum Gasteiger partial charge on any atom is -0.495 e. The normalized spacial score (nSPS) is 14.8. The molecule has 36 heavy (non-hydrogen) atoms. The molecule has 0 spiro atoms. The molecule has 0 N–H and O–H groups in total. The van der Waals surface area contributed by atoms with E-state index in [-0.39, 0.29) is 11.5 Å². The van der Waals surface area contributed by atoms with Gasteiger partial charge in [-0.25, -0.2) is 4.98 Å². The van der Waals surface area contributed by atoms with Crippen LogP contribution in [-0.2, 0) is 9.53 Å². The van der Waals surface area contributed by atoms with Crippen molar-refractivity contribution in [1.82, 2.24) is 14.5 Å². The molecule has 0 bridgehead atoms. The van der Waals surface area contributed by atoms with E-state index in [2.05, 4.69) is 0 Å². The van der Waals surface area contributed by atoms with Crippen LogP contribution >= 0.6 is 0 Å². The smallest absolute Gasteiger partial charge is 0.266 e. The molecule has 7 heteroatoms. The third kappa shape index (κ3) is 5.46. The van der Waals surface area contributed by atoms with Gasteiger partial charge in [0.1, 0.15) is 11.6 Å². The number of aromatic nitrogens is 2. The number of rotatable bonds is 10. The van der Waals surface area contributed by atoms with Crippen molar-refractivity contribution in [2.45, 2.75) is 58.4 Å². The monoisotopic (exact) mass is 491 g/mol. The van der Waals surface area contributed by atoms with Crippen LogP contribution in [0.15, 0.2) is 47.3 Å². The van der Waals surface area contributed by atoms with Gasteiger partial charge >= 0.3 is 0 Å². The summed E-state index contributed by atoms with van der Waals surface area (Å²) in [6, 6.07) is 12.6. The first-order valence-electron chi connectivity index (χ1n) is 12.9. The average Bonchev–Trinajstić information content (AvgIpc) is 3.41. The van der Waals surface area contributed by atoms with Gasteiger partial charge in [-0.15, -0.1) is 0 Å².